The van der Waals surface area contributed by atoms with E-state index in [1.165, 1.54) is 12.5 Å². The van der Waals surface area contributed by atoms with Crippen LogP contribution in [0.3, 0.4) is 0 Å². The molecule has 2 aromatic rings. The summed E-state index contributed by atoms with van der Waals surface area (Å²) in [6.07, 6.45) is -0.0212. The second-order valence-corrected chi connectivity index (χ2v) is 4.22. The SMILES string of the molecule is COC(=O)C(O)CCc1cccc2ccccc12. The molecule has 1 unspecified atom stereocenters. The summed E-state index contributed by atoms with van der Waals surface area (Å²) < 4.78 is 4.50. The lowest BCUT2D eigenvalue weighted by atomic mass is 9.99. The summed E-state index contributed by atoms with van der Waals surface area (Å²) in [5, 5.41) is 11.9. The molecule has 0 saturated carbocycles. The monoisotopic (exact) mass is 244 g/mol. The minimum atomic E-state index is -1.05. The van der Waals surface area contributed by atoms with E-state index >= 15 is 0 Å². The zero-order valence-corrected chi connectivity index (χ0v) is 10.3. The highest BCUT2D eigenvalue weighted by molar-refractivity contribution is 5.85. The van der Waals surface area contributed by atoms with Gasteiger partial charge in [-0.25, -0.2) is 4.79 Å². The molecule has 3 nitrogen and oxygen atoms in total. The molecule has 0 aliphatic heterocycles. The van der Waals surface area contributed by atoms with Crippen molar-refractivity contribution in [3.8, 4) is 0 Å². The third-order valence-electron chi connectivity index (χ3n) is 3.04. The predicted octanol–water partition coefficient (Wildman–Crippen LogP) is 2.31. The molecule has 0 bridgehead atoms. The third kappa shape index (κ3) is 2.68. The molecule has 2 aromatic carbocycles. The summed E-state index contributed by atoms with van der Waals surface area (Å²) in [5.41, 5.74) is 1.14. The molecule has 0 aliphatic rings. The van der Waals surface area contributed by atoms with Gasteiger partial charge in [-0.1, -0.05) is 42.5 Å². The minimum absolute atomic E-state index is 0.376. The Hall–Kier alpha value is -1.87. The Labute approximate surface area is 106 Å². The summed E-state index contributed by atoms with van der Waals surface area (Å²) in [4.78, 5) is 11.1. The first-order valence-corrected chi connectivity index (χ1v) is 5.95. The summed E-state index contributed by atoms with van der Waals surface area (Å²) >= 11 is 0. The van der Waals surface area contributed by atoms with Crippen molar-refractivity contribution in [2.45, 2.75) is 18.9 Å². The maximum atomic E-state index is 11.1. The molecular formula is C15H16O3. The number of ether oxygens (including phenoxy) is 1. The molecule has 0 aliphatic carbocycles. The Balaban J connectivity index is 2.15. The predicted molar refractivity (Wildman–Crippen MR) is 70.3 cm³/mol. The molecule has 3 heteroatoms. The second kappa shape index (κ2) is 5.65. The summed E-state index contributed by atoms with van der Waals surface area (Å²) in [7, 11) is 1.28. The first kappa shape index (κ1) is 12.6. The number of benzene rings is 2. The maximum Gasteiger partial charge on any atom is 0.334 e. The highest BCUT2D eigenvalue weighted by Gasteiger charge is 2.15. The number of aryl methyl sites for hydroxylation is 1. The fraction of sp³-hybridized carbons (Fsp3) is 0.267. The van der Waals surface area contributed by atoms with E-state index in [0.29, 0.717) is 12.8 Å². The Morgan fingerprint density at radius 1 is 1.22 bits per heavy atom. The molecule has 1 N–H and O–H groups in total. The van der Waals surface area contributed by atoms with Crippen molar-refractivity contribution in [3.05, 3.63) is 48.0 Å². The van der Waals surface area contributed by atoms with Crippen LogP contribution in [-0.4, -0.2) is 24.3 Å². The van der Waals surface area contributed by atoms with E-state index in [1.54, 1.807) is 0 Å². The molecule has 0 heterocycles. The summed E-state index contributed by atoms with van der Waals surface area (Å²) in [6, 6.07) is 14.1. The second-order valence-electron chi connectivity index (χ2n) is 4.22. The van der Waals surface area contributed by atoms with Gasteiger partial charge in [-0.3, -0.25) is 0 Å². The topological polar surface area (TPSA) is 46.5 Å². The minimum Gasteiger partial charge on any atom is -0.467 e. The third-order valence-corrected chi connectivity index (χ3v) is 3.04. The van der Waals surface area contributed by atoms with E-state index in [2.05, 4.69) is 22.9 Å². The first-order valence-electron chi connectivity index (χ1n) is 5.95. The number of rotatable bonds is 4. The van der Waals surface area contributed by atoms with Gasteiger partial charge in [0.25, 0.3) is 0 Å². The number of methoxy groups -OCH3 is 1. The smallest absolute Gasteiger partial charge is 0.334 e. The lowest BCUT2D eigenvalue weighted by Gasteiger charge is -2.10. The van der Waals surface area contributed by atoms with Gasteiger partial charge in [0.1, 0.15) is 0 Å². The zero-order chi connectivity index (χ0) is 13.0. The van der Waals surface area contributed by atoms with E-state index in [0.717, 1.165) is 10.9 Å². The highest BCUT2D eigenvalue weighted by atomic mass is 16.5. The van der Waals surface area contributed by atoms with Crippen LogP contribution in [0.25, 0.3) is 10.8 Å². The largest absolute Gasteiger partial charge is 0.467 e. The quantitative estimate of drug-likeness (QED) is 0.839. The molecular weight excluding hydrogens is 228 g/mol. The van der Waals surface area contributed by atoms with Crippen LogP contribution in [0.1, 0.15) is 12.0 Å². The fourth-order valence-electron chi connectivity index (χ4n) is 2.06. The van der Waals surface area contributed by atoms with Gasteiger partial charge in [0.05, 0.1) is 7.11 Å². The molecule has 2 rings (SSSR count). The Morgan fingerprint density at radius 2 is 1.94 bits per heavy atom. The van der Waals surface area contributed by atoms with Crippen LogP contribution in [0, 0.1) is 0 Å². The molecule has 0 fully saturated rings. The van der Waals surface area contributed by atoms with Gasteiger partial charge in [-0.05, 0) is 29.2 Å². The Bertz CT molecular complexity index is 543. The molecule has 18 heavy (non-hydrogen) atoms. The van der Waals surface area contributed by atoms with Crippen LogP contribution < -0.4 is 0 Å². The molecule has 1 atom stereocenters. The number of carbonyl (C=O) groups is 1. The number of esters is 1. The number of carbonyl (C=O) groups excluding carboxylic acids is 1. The average molecular weight is 244 g/mol. The fourth-order valence-corrected chi connectivity index (χ4v) is 2.06. The maximum absolute atomic E-state index is 11.1. The molecule has 0 amide bonds. The van der Waals surface area contributed by atoms with Crippen molar-refractivity contribution < 1.29 is 14.6 Å². The number of fused-ring (bicyclic) bond motifs is 1. The van der Waals surface area contributed by atoms with Crippen LogP contribution in [-0.2, 0) is 16.0 Å². The van der Waals surface area contributed by atoms with Crippen LogP contribution in [0.4, 0.5) is 0 Å². The van der Waals surface area contributed by atoms with Crippen molar-refractivity contribution in [2.24, 2.45) is 0 Å². The molecule has 0 aromatic heterocycles. The molecule has 0 saturated heterocycles. The van der Waals surface area contributed by atoms with Crippen molar-refractivity contribution in [1.29, 1.82) is 0 Å². The highest BCUT2D eigenvalue weighted by Crippen LogP contribution is 2.20. The number of hydrogen-bond donors (Lipinski definition) is 1. The van der Waals surface area contributed by atoms with E-state index in [1.807, 2.05) is 24.3 Å². The van der Waals surface area contributed by atoms with Gasteiger partial charge in [0.15, 0.2) is 6.10 Å². The summed E-state index contributed by atoms with van der Waals surface area (Å²) in [5.74, 6) is -0.574. The van der Waals surface area contributed by atoms with E-state index in [4.69, 9.17) is 0 Å². The lowest BCUT2D eigenvalue weighted by molar-refractivity contribution is -0.150. The van der Waals surface area contributed by atoms with Gasteiger partial charge in [0, 0.05) is 0 Å². The molecule has 94 valence electrons. The lowest BCUT2D eigenvalue weighted by Crippen LogP contribution is -2.22. The summed E-state index contributed by atoms with van der Waals surface area (Å²) in [6.45, 7) is 0. The van der Waals surface area contributed by atoms with Gasteiger partial charge in [0.2, 0.25) is 0 Å². The van der Waals surface area contributed by atoms with Crippen LogP contribution in [0.2, 0.25) is 0 Å². The van der Waals surface area contributed by atoms with Crippen LogP contribution >= 0.6 is 0 Å². The zero-order valence-electron chi connectivity index (χ0n) is 10.3. The van der Waals surface area contributed by atoms with Gasteiger partial charge in [-0.15, -0.1) is 0 Å². The van der Waals surface area contributed by atoms with E-state index in [9.17, 15) is 9.90 Å². The molecule has 0 radical (unpaired) electrons. The van der Waals surface area contributed by atoms with Crippen molar-refractivity contribution in [1.82, 2.24) is 0 Å². The van der Waals surface area contributed by atoms with Crippen molar-refractivity contribution >= 4 is 16.7 Å². The molecule has 0 spiro atoms. The normalized spacial score (nSPS) is 12.3. The van der Waals surface area contributed by atoms with Gasteiger partial charge >= 0.3 is 5.97 Å². The van der Waals surface area contributed by atoms with E-state index < -0.39 is 12.1 Å². The number of hydrogen-bond acceptors (Lipinski definition) is 3. The van der Waals surface area contributed by atoms with Crippen molar-refractivity contribution in [2.75, 3.05) is 7.11 Å². The van der Waals surface area contributed by atoms with Gasteiger partial charge in [-0.2, -0.15) is 0 Å². The Kier molecular flexibility index (Phi) is 3.95. The number of aliphatic hydroxyl groups excluding tert-OH is 1. The number of aliphatic hydroxyl groups is 1. The Morgan fingerprint density at radius 3 is 2.72 bits per heavy atom. The van der Waals surface area contributed by atoms with Crippen LogP contribution in [0.15, 0.2) is 42.5 Å². The van der Waals surface area contributed by atoms with Gasteiger partial charge < -0.3 is 9.84 Å². The standard InChI is InChI=1S/C15H16O3/c1-18-15(17)14(16)10-9-12-7-4-6-11-5-2-3-8-13(11)12/h2-8,14,16H,9-10H2,1H3. The van der Waals surface area contributed by atoms with E-state index in [-0.39, 0.29) is 0 Å². The van der Waals surface area contributed by atoms with Crippen LogP contribution in [0.5, 0.6) is 0 Å². The van der Waals surface area contributed by atoms with Crippen molar-refractivity contribution in [3.63, 3.8) is 0 Å². The average Bonchev–Trinajstić information content (AvgIpc) is 2.43. The first-order chi connectivity index (χ1) is 8.72.